The molecule has 1 amide bonds. The number of H-pyrrole nitrogens is 1. The van der Waals surface area contributed by atoms with Crippen LogP contribution in [0.15, 0.2) is 48.8 Å². The standard InChI is InChI=1S/C24H29N3O2/c1-27(24(28)19-12-13-21-22(16-19)26-17-25-21)14-5-2-6-15-29-23-11-7-9-18-8-3-4-10-20(18)23/h3-4,7-11,17,19H,2,5-6,12-16H2,1H3,(H,25,26). The van der Waals surface area contributed by atoms with Gasteiger partial charge in [-0.3, -0.25) is 4.79 Å². The Morgan fingerprint density at radius 1 is 1.17 bits per heavy atom. The Labute approximate surface area is 172 Å². The van der Waals surface area contributed by atoms with Gasteiger partial charge in [-0.15, -0.1) is 0 Å². The van der Waals surface area contributed by atoms with E-state index in [1.165, 1.54) is 11.1 Å². The number of nitrogens with zero attached hydrogens (tertiary/aromatic N) is 2. The Balaban J connectivity index is 1.16. The van der Waals surface area contributed by atoms with E-state index in [1.807, 2.05) is 36.2 Å². The van der Waals surface area contributed by atoms with Gasteiger partial charge in [-0.1, -0.05) is 36.4 Å². The molecular weight excluding hydrogens is 362 g/mol. The number of carbonyl (C=O) groups is 1. The summed E-state index contributed by atoms with van der Waals surface area (Å²) in [5.41, 5.74) is 2.26. The van der Waals surface area contributed by atoms with Crippen molar-refractivity contribution >= 4 is 16.7 Å². The van der Waals surface area contributed by atoms with Gasteiger partial charge in [0, 0.05) is 37.0 Å². The summed E-state index contributed by atoms with van der Waals surface area (Å²) in [4.78, 5) is 22.1. The van der Waals surface area contributed by atoms with Crippen molar-refractivity contribution in [3.05, 3.63) is 60.2 Å². The second-order valence-corrected chi connectivity index (χ2v) is 7.91. The van der Waals surface area contributed by atoms with Crippen LogP contribution in [-0.2, 0) is 17.6 Å². The highest BCUT2D eigenvalue weighted by molar-refractivity contribution is 5.88. The molecule has 1 aliphatic carbocycles. The van der Waals surface area contributed by atoms with E-state index in [0.29, 0.717) is 6.61 Å². The highest BCUT2D eigenvalue weighted by Gasteiger charge is 2.28. The number of imidazole rings is 1. The summed E-state index contributed by atoms with van der Waals surface area (Å²) in [5, 5.41) is 2.36. The molecule has 4 rings (SSSR count). The van der Waals surface area contributed by atoms with E-state index in [-0.39, 0.29) is 11.8 Å². The number of ether oxygens (including phenoxy) is 1. The molecule has 0 saturated carbocycles. The molecule has 1 N–H and O–H groups in total. The highest BCUT2D eigenvalue weighted by Crippen LogP contribution is 2.26. The zero-order chi connectivity index (χ0) is 20.1. The van der Waals surface area contributed by atoms with Crippen molar-refractivity contribution in [2.75, 3.05) is 20.2 Å². The number of aryl methyl sites for hydroxylation is 1. The quantitative estimate of drug-likeness (QED) is 0.580. The van der Waals surface area contributed by atoms with Crippen LogP contribution in [0.4, 0.5) is 0 Å². The SMILES string of the molecule is CN(CCCCCOc1cccc2ccccc12)C(=O)C1CCc2[nH]cnc2C1. The normalized spacial score (nSPS) is 15.8. The predicted molar refractivity (Wildman–Crippen MR) is 115 cm³/mol. The van der Waals surface area contributed by atoms with Crippen molar-refractivity contribution < 1.29 is 9.53 Å². The van der Waals surface area contributed by atoms with Gasteiger partial charge in [0.25, 0.3) is 0 Å². The smallest absolute Gasteiger partial charge is 0.225 e. The van der Waals surface area contributed by atoms with E-state index in [9.17, 15) is 4.79 Å². The van der Waals surface area contributed by atoms with Gasteiger partial charge in [0.15, 0.2) is 0 Å². The molecule has 0 bridgehead atoms. The average Bonchev–Trinajstić information content (AvgIpc) is 3.23. The maximum atomic E-state index is 12.7. The second-order valence-electron chi connectivity index (χ2n) is 7.91. The lowest BCUT2D eigenvalue weighted by molar-refractivity contribution is -0.134. The van der Waals surface area contributed by atoms with Crippen LogP contribution in [0.2, 0.25) is 0 Å². The van der Waals surface area contributed by atoms with Crippen LogP contribution in [0.25, 0.3) is 10.8 Å². The van der Waals surface area contributed by atoms with Crippen molar-refractivity contribution in [2.45, 2.75) is 38.5 Å². The Morgan fingerprint density at radius 3 is 2.97 bits per heavy atom. The Kier molecular flexibility index (Phi) is 6.13. The van der Waals surface area contributed by atoms with Crippen molar-refractivity contribution in [1.29, 1.82) is 0 Å². The van der Waals surface area contributed by atoms with Crippen LogP contribution >= 0.6 is 0 Å². The summed E-state index contributed by atoms with van der Waals surface area (Å²) in [6.45, 7) is 1.51. The molecule has 1 atom stereocenters. The molecule has 0 saturated heterocycles. The van der Waals surface area contributed by atoms with Crippen LogP contribution in [0.3, 0.4) is 0 Å². The topological polar surface area (TPSA) is 58.2 Å². The minimum Gasteiger partial charge on any atom is -0.493 e. The summed E-state index contributed by atoms with van der Waals surface area (Å²) in [7, 11) is 1.93. The molecular formula is C24H29N3O2. The number of hydrogen-bond acceptors (Lipinski definition) is 3. The number of benzene rings is 2. The molecule has 5 nitrogen and oxygen atoms in total. The van der Waals surface area contributed by atoms with Gasteiger partial charge >= 0.3 is 0 Å². The monoisotopic (exact) mass is 391 g/mol. The first-order valence-corrected chi connectivity index (χ1v) is 10.6. The second kappa shape index (κ2) is 9.12. The third-order valence-electron chi connectivity index (χ3n) is 5.86. The number of nitrogens with one attached hydrogen (secondary N) is 1. The molecule has 2 aromatic carbocycles. The minimum absolute atomic E-state index is 0.0745. The van der Waals surface area contributed by atoms with E-state index in [1.54, 1.807) is 6.33 Å². The van der Waals surface area contributed by atoms with Crippen LogP contribution in [0.5, 0.6) is 5.75 Å². The number of fused-ring (bicyclic) bond motifs is 2. The molecule has 1 aromatic heterocycles. The van der Waals surface area contributed by atoms with Crippen molar-refractivity contribution in [3.8, 4) is 5.75 Å². The van der Waals surface area contributed by atoms with E-state index < -0.39 is 0 Å². The molecule has 29 heavy (non-hydrogen) atoms. The summed E-state index contributed by atoms with van der Waals surface area (Å²) in [6, 6.07) is 14.5. The molecule has 0 spiro atoms. The van der Waals surface area contributed by atoms with E-state index in [4.69, 9.17) is 4.74 Å². The first-order valence-electron chi connectivity index (χ1n) is 10.6. The summed E-state index contributed by atoms with van der Waals surface area (Å²) in [6.07, 6.45) is 7.38. The van der Waals surface area contributed by atoms with Gasteiger partial charge in [-0.05, 0) is 43.6 Å². The maximum absolute atomic E-state index is 12.7. The van der Waals surface area contributed by atoms with E-state index >= 15 is 0 Å². The molecule has 1 unspecified atom stereocenters. The van der Waals surface area contributed by atoms with Gasteiger partial charge in [-0.2, -0.15) is 0 Å². The highest BCUT2D eigenvalue weighted by atomic mass is 16.5. The number of amides is 1. The molecule has 3 aromatic rings. The summed E-state index contributed by atoms with van der Waals surface area (Å²) >= 11 is 0. The lowest BCUT2D eigenvalue weighted by atomic mass is 9.89. The van der Waals surface area contributed by atoms with Gasteiger partial charge in [0.1, 0.15) is 5.75 Å². The first-order chi connectivity index (χ1) is 14.2. The van der Waals surface area contributed by atoms with Crippen LogP contribution in [0.1, 0.15) is 37.1 Å². The van der Waals surface area contributed by atoms with Gasteiger partial charge in [0.05, 0.1) is 18.6 Å². The predicted octanol–water partition coefficient (Wildman–Crippen LogP) is 4.38. The zero-order valence-corrected chi connectivity index (χ0v) is 17.1. The van der Waals surface area contributed by atoms with Crippen molar-refractivity contribution in [1.82, 2.24) is 14.9 Å². The van der Waals surface area contributed by atoms with E-state index in [0.717, 1.165) is 61.9 Å². The van der Waals surface area contributed by atoms with Crippen LogP contribution in [0, 0.1) is 5.92 Å². The van der Waals surface area contributed by atoms with Gasteiger partial charge < -0.3 is 14.6 Å². The van der Waals surface area contributed by atoms with E-state index in [2.05, 4.69) is 28.2 Å². The molecule has 152 valence electrons. The number of rotatable bonds is 8. The third kappa shape index (κ3) is 4.61. The van der Waals surface area contributed by atoms with Gasteiger partial charge in [0.2, 0.25) is 5.91 Å². The molecule has 0 aliphatic heterocycles. The van der Waals surface area contributed by atoms with Crippen LogP contribution < -0.4 is 4.74 Å². The summed E-state index contributed by atoms with van der Waals surface area (Å²) < 4.78 is 6.00. The third-order valence-corrected chi connectivity index (χ3v) is 5.86. The van der Waals surface area contributed by atoms with Gasteiger partial charge in [-0.25, -0.2) is 4.98 Å². The lowest BCUT2D eigenvalue weighted by Crippen LogP contribution is -2.36. The maximum Gasteiger partial charge on any atom is 0.225 e. The summed E-state index contributed by atoms with van der Waals surface area (Å²) in [5.74, 6) is 1.28. The fraction of sp³-hybridized carbons (Fsp3) is 0.417. The number of aromatic nitrogens is 2. The Bertz CT molecular complexity index is 960. The number of unbranched alkanes of at least 4 members (excludes halogenated alkanes) is 2. The zero-order valence-electron chi connectivity index (χ0n) is 17.1. The van der Waals surface area contributed by atoms with Crippen molar-refractivity contribution in [3.63, 3.8) is 0 Å². The fourth-order valence-corrected chi connectivity index (χ4v) is 4.16. The first kappa shape index (κ1) is 19.5. The molecule has 1 heterocycles. The Morgan fingerprint density at radius 2 is 2.03 bits per heavy atom. The van der Waals surface area contributed by atoms with Crippen molar-refractivity contribution in [2.24, 2.45) is 5.92 Å². The lowest BCUT2D eigenvalue weighted by Gasteiger charge is -2.26. The largest absolute Gasteiger partial charge is 0.493 e. The van der Waals surface area contributed by atoms with Crippen LogP contribution in [-0.4, -0.2) is 41.0 Å². The minimum atomic E-state index is 0.0745. The molecule has 0 radical (unpaired) electrons. The number of aromatic amines is 1. The fourth-order valence-electron chi connectivity index (χ4n) is 4.16. The molecule has 0 fully saturated rings. The molecule has 5 heteroatoms. The number of carbonyl (C=O) groups excluding carboxylic acids is 1. The number of hydrogen-bond donors (Lipinski definition) is 1. The average molecular weight is 392 g/mol. The Hall–Kier alpha value is -2.82. The molecule has 1 aliphatic rings.